The van der Waals surface area contributed by atoms with Gasteiger partial charge in [-0.25, -0.2) is 4.98 Å². The molecule has 0 saturated carbocycles. The highest BCUT2D eigenvalue weighted by Crippen LogP contribution is 2.26. The minimum Gasteiger partial charge on any atom is -0.473 e. The number of hydrogen-bond donors (Lipinski definition) is 0. The Morgan fingerprint density at radius 3 is 2.54 bits per heavy atom. The lowest BCUT2D eigenvalue weighted by atomic mass is 10.0. The third-order valence-electron chi connectivity index (χ3n) is 5.44. The van der Waals surface area contributed by atoms with Crippen LogP contribution < -0.4 is 9.64 Å². The highest BCUT2D eigenvalue weighted by Gasteiger charge is 2.22. The first-order valence-corrected chi connectivity index (χ1v) is 9.86. The monoisotopic (exact) mass is 352 g/mol. The van der Waals surface area contributed by atoms with Crippen LogP contribution >= 0.6 is 0 Å². The van der Waals surface area contributed by atoms with Crippen LogP contribution in [0.15, 0.2) is 42.9 Å². The van der Waals surface area contributed by atoms with E-state index in [0.29, 0.717) is 5.88 Å². The van der Waals surface area contributed by atoms with Crippen LogP contribution in [0.4, 0.5) is 5.69 Å². The van der Waals surface area contributed by atoms with Crippen LogP contribution in [-0.4, -0.2) is 47.2 Å². The van der Waals surface area contributed by atoms with E-state index in [-0.39, 0.29) is 6.10 Å². The first-order chi connectivity index (χ1) is 12.9. The molecule has 0 spiro atoms. The van der Waals surface area contributed by atoms with Crippen molar-refractivity contribution in [1.82, 2.24) is 14.9 Å². The summed E-state index contributed by atoms with van der Waals surface area (Å²) in [6, 6.07) is 8.94. The van der Waals surface area contributed by atoms with Crippen molar-refractivity contribution in [2.45, 2.75) is 44.8 Å². The van der Waals surface area contributed by atoms with Crippen molar-refractivity contribution in [3.8, 4) is 5.88 Å². The average Bonchev–Trinajstić information content (AvgIpc) is 2.71. The molecule has 0 atom stereocenters. The van der Waals surface area contributed by atoms with Crippen LogP contribution in [0.3, 0.4) is 0 Å². The summed E-state index contributed by atoms with van der Waals surface area (Å²) in [5.74, 6) is 0.640. The van der Waals surface area contributed by atoms with Gasteiger partial charge in [-0.2, -0.15) is 0 Å². The lowest BCUT2D eigenvalue weighted by Gasteiger charge is -2.34. The van der Waals surface area contributed by atoms with E-state index in [1.165, 1.54) is 43.6 Å². The van der Waals surface area contributed by atoms with E-state index in [0.717, 1.165) is 32.5 Å². The molecule has 5 nitrogen and oxygen atoms in total. The van der Waals surface area contributed by atoms with E-state index in [1.54, 1.807) is 18.6 Å². The zero-order chi connectivity index (χ0) is 17.6. The van der Waals surface area contributed by atoms with E-state index in [4.69, 9.17) is 4.74 Å². The molecule has 0 N–H and O–H groups in total. The van der Waals surface area contributed by atoms with Crippen molar-refractivity contribution < 1.29 is 4.74 Å². The second kappa shape index (κ2) is 8.49. The normalized spacial score (nSPS) is 19.5. The smallest absolute Gasteiger partial charge is 0.232 e. The van der Waals surface area contributed by atoms with E-state index in [9.17, 15) is 0 Å². The lowest BCUT2D eigenvalue weighted by Crippen LogP contribution is -2.38. The predicted octanol–water partition coefficient (Wildman–Crippen LogP) is 3.51. The zero-order valence-corrected chi connectivity index (χ0v) is 15.4. The molecule has 2 aromatic rings. The molecule has 1 aromatic carbocycles. The molecule has 0 unspecified atom stereocenters. The molecule has 0 radical (unpaired) electrons. The van der Waals surface area contributed by atoms with Gasteiger partial charge in [0.2, 0.25) is 5.88 Å². The van der Waals surface area contributed by atoms with Gasteiger partial charge in [0.15, 0.2) is 0 Å². The molecule has 5 heteroatoms. The standard InChI is InChI=1S/C21H28N4O/c1-4-12-25(13-5-1)20-7-3-2-6-18(20)17-24-14-8-19(9-15-24)26-21-16-22-10-11-23-21/h2-3,6-7,10-11,16,19H,1,4-5,8-9,12-15,17H2. The maximum atomic E-state index is 5.96. The lowest BCUT2D eigenvalue weighted by molar-refractivity contribution is 0.0929. The molecule has 2 aliphatic heterocycles. The molecule has 0 bridgehead atoms. The van der Waals surface area contributed by atoms with E-state index < -0.39 is 0 Å². The largest absolute Gasteiger partial charge is 0.473 e. The Labute approximate surface area is 156 Å². The number of piperidine rings is 2. The van der Waals surface area contributed by atoms with Gasteiger partial charge in [0.1, 0.15) is 6.10 Å². The van der Waals surface area contributed by atoms with Gasteiger partial charge in [0, 0.05) is 50.8 Å². The van der Waals surface area contributed by atoms with Crippen molar-refractivity contribution in [3.05, 3.63) is 48.4 Å². The second-order valence-electron chi connectivity index (χ2n) is 7.31. The number of likely N-dealkylation sites (tertiary alicyclic amines) is 1. The number of aromatic nitrogens is 2. The fraction of sp³-hybridized carbons (Fsp3) is 0.524. The van der Waals surface area contributed by atoms with Crippen molar-refractivity contribution in [2.24, 2.45) is 0 Å². The molecule has 2 saturated heterocycles. The van der Waals surface area contributed by atoms with Gasteiger partial charge in [0.25, 0.3) is 0 Å². The van der Waals surface area contributed by atoms with Gasteiger partial charge in [-0.15, -0.1) is 0 Å². The molecule has 0 aliphatic carbocycles. The maximum Gasteiger partial charge on any atom is 0.232 e. The molecule has 3 heterocycles. The third kappa shape index (κ3) is 4.33. The van der Waals surface area contributed by atoms with Crippen LogP contribution in [0, 0.1) is 0 Å². The quantitative estimate of drug-likeness (QED) is 0.824. The number of rotatable bonds is 5. The first kappa shape index (κ1) is 17.3. The Bertz CT molecular complexity index is 679. The van der Waals surface area contributed by atoms with Crippen LogP contribution in [0.5, 0.6) is 5.88 Å². The zero-order valence-electron chi connectivity index (χ0n) is 15.4. The summed E-state index contributed by atoms with van der Waals surface area (Å²) in [6.07, 6.45) is 11.4. The van der Waals surface area contributed by atoms with Crippen molar-refractivity contribution in [3.63, 3.8) is 0 Å². The molecule has 2 fully saturated rings. The molecular weight excluding hydrogens is 324 g/mol. The summed E-state index contributed by atoms with van der Waals surface area (Å²) in [7, 11) is 0. The predicted molar refractivity (Wildman–Crippen MR) is 103 cm³/mol. The van der Waals surface area contributed by atoms with Crippen LogP contribution in [-0.2, 0) is 6.54 Å². The Morgan fingerprint density at radius 2 is 1.77 bits per heavy atom. The minimum atomic E-state index is 0.250. The highest BCUT2D eigenvalue weighted by molar-refractivity contribution is 5.53. The summed E-state index contributed by atoms with van der Waals surface area (Å²) in [4.78, 5) is 13.4. The Morgan fingerprint density at radius 1 is 0.962 bits per heavy atom. The van der Waals surface area contributed by atoms with E-state index >= 15 is 0 Å². The number of anilines is 1. The fourth-order valence-electron chi connectivity index (χ4n) is 4.03. The number of ether oxygens (including phenoxy) is 1. The summed E-state index contributed by atoms with van der Waals surface area (Å²) < 4.78 is 5.96. The van der Waals surface area contributed by atoms with Gasteiger partial charge in [-0.3, -0.25) is 9.88 Å². The number of nitrogens with zero attached hydrogens (tertiary/aromatic N) is 4. The van der Waals surface area contributed by atoms with Crippen LogP contribution in [0.1, 0.15) is 37.7 Å². The topological polar surface area (TPSA) is 41.5 Å². The summed E-state index contributed by atoms with van der Waals surface area (Å²) in [5.41, 5.74) is 2.90. The van der Waals surface area contributed by atoms with Gasteiger partial charge < -0.3 is 9.64 Å². The Hall–Kier alpha value is -2.14. The summed E-state index contributed by atoms with van der Waals surface area (Å²) in [6.45, 7) is 5.57. The average molecular weight is 352 g/mol. The Balaban J connectivity index is 1.33. The minimum absolute atomic E-state index is 0.250. The van der Waals surface area contributed by atoms with Gasteiger partial charge in [-0.1, -0.05) is 18.2 Å². The van der Waals surface area contributed by atoms with Gasteiger partial charge in [-0.05, 0) is 43.7 Å². The molecular formula is C21H28N4O. The number of benzene rings is 1. The maximum absolute atomic E-state index is 5.96. The SMILES string of the molecule is c1ccc(N2CCCCC2)c(CN2CCC(Oc3cnccn3)CC2)c1. The Kier molecular flexibility index (Phi) is 5.65. The second-order valence-corrected chi connectivity index (χ2v) is 7.31. The molecule has 26 heavy (non-hydrogen) atoms. The molecule has 138 valence electrons. The first-order valence-electron chi connectivity index (χ1n) is 9.86. The molecule has 4 rings (SSSR count). The number of para-hydroxylation sites is 1. The molecule has 2 aliphatic rings. The third-order valence-corrected chi connectivity index (χ3v) is 5.44. The molecule has 0 amide bonds. The van der Waals surface area contributed by atoms with Crippen LogP contribution in [0.2, 0.25) is 0 Å². The van der Waals surface area contributed by atoms with E-state index in [1.807, 2.05) is 0 Å². The van der Waals surface area contributed by atoms with Crippen molar-refractivity contribution in [2.75, 3.05) is 31.1 Å². The van der Waals surface area contributed by atoms with Gasteiger partial charge >= 0.3 is 0 Å². The summed E-state index contributed by atoms with van der Waals surface area (Å²) in [5, 5.41) is 0. The molecule has 1 aromatic heterocycles. The fourth-order valence-corrected chi connectivity index (χ4v) is 4.03. The van der Waals surface area contributed by atoms with Gasteiger partial charge in [0.05, 0.1) is 6.20 Å². The van der Waals surface area contributed by atoms with Crippen molar-refractivity contribution in [1.29, 1.82) is 0 Å². The number of hydrogen-bond acceptors (Lipinski definition) is 5. The van der Waals surface area contributed by atoms with Crippen molar-refractivity contribution >= 4 is 5.69 Å². The highest BCUT2D eigenvalue weighted by atomic mass is 16.5. The van der Waals surface area contributed by atoms with Crippen LogP contribution in [0.25, 0.3) is 0 Å². The van der Waals surface area contributed by atoms with E-state index in [2.05, 4.69) is 44.0 Å². The summed E-state index contributed by atoms with van der Waals surface area (Å²) >= 11 is 0.